The van der Waals surface area contributed by atoms with E-state index < -0.39 is 0 Å². The summed E-state index contributed by atoms with van der Waals surface area (Å²) in [6, 6.07) is 0. The maximum atomic E-state index is 9.39. The SMILES string of the molecule is CCCC/C=C/C(O)CCCC. The van der Waals surface area contributed by atoms with Gasteiger partial charge in [-0.2, -0.15) is 0 Å². The lowest BCUT2D eigenvalue weighted by molar-refractivity contribution is 0.209. The molecule has 0 heterocycles. The second-order valence-electron chi connectivity index (χ2n) is 3.28. The third kappa shape index (κ3) is 7.80. The zero-order valence-corrected chi connectivity index (χ0v) is 8.42. The van der Waals surface area contributed by atoms with E-state index in [1.165, 1.54) is 19.3 Å². The van der Waals surface area contributed by atoms with Crippen molar-refractivity contribution in [3.63, 3.8) is 0 Å². The quantitative estimate of drug-likeness (QED) is 0.459. The van der Waals surface area contributed by atoms with Crippen LogP contribution in [0.15, 0.2) is 12.2 Å². The first kappa shape index (κ1) is 11.7. The summed E-state index contributed by atoms with van der Waals surface area (Å²) in [7, 11) is 0. The van der Waals surface area contributed by atoms with Crippen LogP contribution in [0, 0.1) is 0 Å². The van der Waals surface area contributed by atoms with Crippen molar-refractivity contribution in [1.29, 1.82) is 0 Å². The van der Waals surface area contributed by atoms with Crippen LogP contribution in [0.25, 0.3) is 0 Å². The van der Waals surface area contributed by atoms with Crippen LogP contribution in [0.4, 0.5) is 0 Å². The van der Waals surface area contributed by atoms with Gasteiger partial charge in [-0.05, 0) is 12.8 Å². The zero-order chi connectivity index (χ0) is 9.23. The molecule has 0 aliphatic rings. The molecule has 72 valence electrons. The van der Waals surface area contributed by atoms with E-state index in [0.717, 1.165) is 19.3 Å². The first-order chi connectivity index (χ1) is 5.81. The molecule has 0 spiro atoms. The van der Waals surface area contributed by atoms with Crippen molar-refractivity contribution < 1.29 is 5.11 Å². The van der Waals surface area contributed by atoms with Crippen LogP contribution in [0.2, 0.25) is 0 Å². The lowest BCUT2D eigenvalue weighted by Gasteiger charge is -2.02. The summed E-state index contributed by atoms with van der Waals surface area (Å²) in [5.41, 5.74) is 0. The van der Waals surface area contributed by atoms with Crippen molar-refractivity contribution >= 4 is 0 Å². The van der Waals surface area contributed by atoms with E-state index in [4.69, 9.17) is 0 Å². The second kappa shape index (κ2) is 8.79. The third-order valence-corrected chi connectivity index (χ3v) is 1.94. The van der Waals surface area contributed by atoms with Gasteiger partial charge in [0.05, 0.1) is 6.10 Å². The molecule has 1 unspecified atom stereocenters. The van der Waals surface area contributed by atoms with Gasteiger partial charge >= 0.3 is 0 Å². The fourth-order valence-electron chi connectivity index (χ4n) is 1.08. The van der Waals surface area contributed by atoms with Gasteiger partial charge in [0, 0.05) is 0 Å². The van der Waals surface area contributed by atoms with Gasteiger partial charge in [0.15, 0.2) is 0 Å². The molecule has 1 heteroatoms. The summed E-state index contributed by atoms with van der Waals surface area (Å²) >= 11 is 0. The minimum atomic E-state index is -0.207. The first-order valence-electron chi connectivity index (χ1n) is 5.16. The van der Waals surface area contributed by atoms with Gasteiger partial charge in [0.1, 0.15) is 0 Å². The molecule has 1 N–H and O–H groups in total. The van der Waals surface area contributed by atoms with Crippen molar-refractivity contribution in [2.24, 2.45) is 0 Å². The number of hydrogen-bond donors (Lipinski definition) is 1. The summed E-state index contributed by atoms with van der Waals surface area (Å²) in [5.74, 6) is 0. The summed E-state index contributed by atoms with van der Waals surface area (Å²) in [6.07, 6.45) is 10.6. The Morgan fingerprint density at radius 2 is 1.83 bits per heavy atom. The molecule has 0 saturated carbocycles. The van der Waals surface area contributed by atoms with Crippen LogP contribution in [0.1, 0.15) is 52.4 Å². The lowest BCUT2D eigenvalue weighted by Crippen LogP contribution is -2.00. The fraction of sp³-hybridized carbons (Fsp3) is 0.818. The molecule has 0 saturated heterocycles. The highest BCUT2D eigenvalue weighted by atomic mass is 16.3. The Bertz CT molecular complexity index is 108. The molecule has 0 aromatic carbocycles. The predicted octanol–water partition coefficient (Wildman–Crippen LogP) is 3.28. The van der Waals surface area contributed by atoms with Crippen LogP contribution in [-0.4, -0.2) is 11.2 Å². The summed E-state index contributed by atoms with van der Waals surface area (Å²) in [4.78, 5) is 0. The fourth-order valence-corrected chi connectivity index (χ4v) is 1.08. The van der Waals surface area contributed by atoms with E-state index in [1.807, 2.05) is 6.08 Å². The Morgan fingerprint density at radius 1 is 1.17 bits per heavy atom. The summed E-state index contributed by atoms with van der Waals surface area (Å²) in [5, 5.41) is 9.39. The molecule has 0 amide bonds. The van der Waals surface area contributed by atoms with Gasteiger partial charge in [-0.3, -0.25) is 0 Å². The van der Waals surface area contributed by atoms with Crippen molar-refractivity contribution in [2.75, 3.05) is 0 Å². The van der Waals surface area contributed by atoms with E-state index in [9.17, 15) is 5.11 Å². The monoisotopic (exact) mass is 170 g/mol. The van der Waals surface area contributed by atoms with Crippen LogP contribution in [0.5, 0.6) is 0 Å². The van der Waals surface area contributed by atoms with E-state index in [-0.39, 0.29) is 6.10 Å². The van der Waals surface area contributed by atoms with Gasteiger partial charge in [0.25, 0.3) is 0 Å². The molecule has 0 aliphatic carbocycles. The molecule has 1 nitrogen and oxygen atoms in total. The number of aliphatic hydroxyl groups is 1. The Hall–Kier alpha value is -0.300. The average molecular weight is 170 g/mol. The molecular formula is C11H22O. The largest absolute Gasteiger partial charge is 0.389 e. The molecule has 0 aromatic heterocycles. The minimum absolute atomic E-state index is 0.207. The van der Waals surface area contributed by atoms with E-state index >= 15 is 0 Å². The number of hydrogen-bond acceptors (Lipinski definition) is 1. The molecule has 0 bridgehead atoms. The number of aliphatic hydroxyl groups excluding tert-OH is 1. The summed E-state index contributed by atoms with van der Waals surface area (Å²) < 4.78 is 0. The maximum Gasteiger partial charge on any atom is 0.0720 e. The third-order valence-electron chi connectivity index (χ3n) is 1.94. The highest BCUT2D eigenvalue weighted by molar-refractivity contribution is 4.88. The van der Waals surface area contributed by atoms with Gasteiger partial charge in [0.2, 0.25) is 0 Å². The Kier molecular flexibility index (Phi) is 8.57. The molecule has 0 aliphatic heterocycles. The van der Waals surface area contributed by atoms with Crippen molar-refractivity contribution in [1.82, 2.24) is 0 Å². The van der Waals surface area contributed by atoms with Crippen molar-refractivity contribution in [3.05, 3.63) is 12.2 Å². The lowest BCUT2D eigenvalue weighted by atomic mass is 10.1. The topological polar surface area (TPSA) is 20.2 Å². The van der Waals surface area contributed by atoms with Crippen LogP contribution < -0.4 is 0 Å². The minimum Gasteiger partial charge on any atom is -0.389 e. The second-order valence-corrected chi connectivity index (χ2v) is 3.28. The normalized spacial score (nSPS) is 13.9. The standard InChI is InChI=1S/C11H22O/c1-3-5-7-8-10-11(12)9-6-4-2/h8,10-12H,3-7,9H2,1-2H3/b10-8+. The molecule has 1 atom stereocenters. The first-order valence-corrected chi connectivity index (χ1v) is 5.16. The van der Waals surface area contributed by atoms with Gasteiger partial charge in [-0.1, -0.05) is 51.7 Å². The van der Waals surface area contributed by atoms with Gasteiger partial charge in [-0.25, -0.2) is 0 Å². The smallest absolute Gasteiger partial charge is 0.0720 e. The number of rotatable bonds is 7. The Morgan fingerprint density at radius 3 is 2.42 bits per heavy atom. The molecule has 0 aromatic rings. The zero-order valence-electron chi connectivity index (χ0n) is 8.42. The number of unbranched alkanes of at least 4 members (excludes halogenated alkanes) is 3. The molecular weight excluding hydrogens is 148 g/mol. The van der Waals surface area contributed by atoms with Crippen LogP contribution in [-0.2, 0) is 0 Å². The van der Waals surface area contributed by atoms with E-state index in [2.05, 4.69) is 19.9 Å². The summed E-state index contributed by atoms with van der Waals surface area (Å²) in [6.45, 7) is 4.33. The highest BCUT2D eigenvalue weighted by Crippen LogP contribution is 2.03. The van der Waals surface area contributed by atoms with Crippen molar-refractivity contribution in [3.8, 4) is 0 Å². The maximum absolute atomic E-state index is 9.39. The van der Waals surface area contributed by atoms with E-state index in [0.29, 0.717) is 0 Å². The van der Waals surface area contributed by atoms with Gasteiger partial charge < -0.3 is 5.11 Å². The predicted molar refractivity (Wildman–Crippen MR) is 54.2 cm³/mol. The van der Waals surface area contributed by atoms with Crippen LogP contribution >= 0.6 is 0 Å². The van der Waals surface area contributed by atoms with E-state index in [1.54, 1.807) is 0 Å². The van der Waals surface area contributed by atoms with Crippen LogP contribution in [0.3, 0.4) is 0 Å². The molecule has 0 fully saturated rings. The van der Waals surface area contributed by atoms with Crippen molar-refractivity contribution in [2.45, 2.75) is 58.5 Å². The number of allylic oxidation sites excluding steroid dienone is 1. The highest BCUT2D eigenvalue weighted by Gasteiger charge is 1.95. The Balaban J connectivity index is 3.27. The average Bonchev–Trinajstić information content (AvgIpc) is 2.09. The van der Waals surface area contributed by atoms with Gasteiger partial charge in [-0.15, -0.1) is 0 Å². The molecule has 0 rings (SSSR count). The molecule has 0 radical (unpaired) electrons. The molecule has 12 heavy (non-hydrogen) atoms. The Labute approximate surface area is 76.5 Å².